The van der Waals surface area contributed by atoms with Gasteiger partial charge in [-0.2, -0.15) is 0 Å². The maximum atomic E-state index is 3.45. The average molecular weight is 281 g/mol. The normalized spacial score (nSPS) is 13.9. The van der Waals surface area contributed by atoms with Crippen LogP contribution in [0.15, 0.2) is 30.3 Å². The van der Waals surface area contributed by atoms with Crippen molar-refractivity contribution in [2.75, 3.05) is 5.33 Å². The van der Waals surface area contributed by atoms with Gasteiger partial charge >= 0.3 is 0 Å². The molecule has 0 amide bonds. The number of hydrogen-bond donors (Lipinski definition) is 0. The minimum Gasteiger partial charge on any atom is -0.0925 e. The first-order chi connectivity index (χ1) is 7.69. The number of halogens is 1. The fraction of sp³-hybridized carbons (Fsp3) is 0.467. The lowest BCUT2D eigenvalue weighted by Crippen LogP contribution is -1.91. The summed E-state index contributed by atoms with van der Waals surface area (Å²) >= 11 is 3.45. The number of allylic oxidation sites excluding steroid dienone is 2. The number of alkyl halides is 1. The summed E-state index contributed by atoms with van der Waals surface area (Å²) in [7, 11) is 0. The maximum Gasteiger partial charge on any atom is 0.00661 e. The van der Waals surface area contributed by atoms with Crippen LogP contribution in [0, 0.1) is 0 Å². The van der Waals surface area contributed by atoms with Crippen molar-refractivity contribution in [1.82, 2.24) is 0 Å². The summed E-state index contributed by atoms with van der Waals surface area (Å²) in [5.41, 5.74) is 4.16. The second kappa shape index (κ2) is 6.90. The predicted molar refractivity (Wildman–Crippen MR) is 77.2 cm³/mol. The first kappa shape index (κ1) is 13.5. The van der Waals surface area contributed by atoms with E-state index in [0.29, 0.717) is 5.92 Å². The molecule has 1 aromatic carbocycles. The van der Waals surface area contributed by atoms with E-state index in [1.54, 1.807) is 0 Å². The van der Waals surface area contributed by atoms with Gasteiger partial charge in [-0.05, 0) is 42.4 Å². The van der Waals surface area contributed by atoms with Crippen LogP contribution >= 0.6 is 15.9 Å². The second-order valence-electron chi connectivity index (χ2n) is 4.30. The average Bonchev–Trinajstić information content (AvgIpc) is 2.35. The molecule has 0 bridgehead atoms. The van der Waals surface area contributed by atoms with Crippen molar-refractivity contribution in [1.29, 1.82) is 0 Å². The van der Waals surface area contributed by atoms with Gasteiger partial charge in [0.05, 0.1) is 0 Å². The molecule has 1 atom stereocenters. The van der Waals surface area contributed by atoms with Gasteiger partial charge in [0, 0.05) is 5.33 Å². The van der Waals surface area contributed by atoms with Crippen molar-refractivity contribution >= 4 is 21.5 Å². The molecule has 1 rings (SSSR count). The van der Waals surface area contributed by atoms with E-state index in [2.05, 4.69) is 67.0 Å². The summed E-state index contributed by atoms with van der Waals surface area (Å²) in [6.45, 7) is 6.70. The molecule has 0 saturated carbocycles. The van der Waals surface area contributed by atoms with E-state index in [4.69, 9.17) is 0 Å². The number of benzene rings is 1. The molecule has 16 heavy (non-hydrogen) atoms. The van der Waals surface area contributed by atoms with Crippen molar-refractivity contribution in [3.05, 3.63) is 41.5 Å². The van der Waals surface area contributed by atoms with Crippen LogP contribution in [0.3, 0.4) is 0 Å². The molecule has 88 valence electrons. The van der Waals surface area contributed by atoms with Crippen molar-refractivity contribution in [3.8, 4) is 0 Å². The van der Waals surface area contributed by atoms with E-state index >= 15 is 0 Å². The minimum absolute atomic E-state index is 0.667. The summed E-state index contributed by atoms with van der Waals surface area (Å²) in [6.07, 6.45) is 4.59. The van der Waals surface area contributed by atoms with Crippen molar-refractivity contribution < 1.29 is 0 Å². The summed E-state index contributed by atoms with van der Waals surface area (Å²) < 4.78 is 0. The Balaban J connectivity index is 2.78. The van der Waals surface area contributed by atoms with Gasteiger partial charge in [0.15, 0.2) is 0 Å². The maximum absolute atomic E-state index is 3.45. The van der Waals surface area contributed by atoms with Gasteiger partial charge in [-0.1, -0.05) is 60.1 Å². The quantitative estimate of drug-likeness (QED) is 0.635. The zero-order valence-electron chi connectivity index (χ0n) is 10.5. The summed E-state index contributed by atoms with van der Waals surface area (Å²) in [6, 6.07) is 8.99. The van der Waals surface area contributed by atoms with Crippen molar-refractivity contribution in [3.63, 3.8) is 0 Å². The Labute approximate surface area is 108 Å². The summed E-state index contributed by atoms with van der Waals surface area (Å²) in [5, 5.41) is 1.04. The monoisotopic (exact) mass is 280 g/mol. The highest BCUT2D eigenvalue weighted by Crippen LogP contribution is 2.21. The van der Waals surface area contributed by atoms with E-state index in [0.717, 1.165) is 11.8 Å². The Kier molecular flexibility index (Phi) is 5.83. The molecule has 0 saturated heterocycles. The predicted octanol–water partition coefficient (Wildman–Crippen LogP) is 5.39. The first-order valence-electron chi connectivity index (χ1n) is 6.02. The summed E-state index contributed by atoms with van der Waals surface area (Å²) in [5.74, 6) is 0.667. The van der Waals surface area contributed by atoms with Crippen LogP contribution in [-0.2, 0) is 0 Å². The second-order valence-corrected chi connectivity index (χ2v) is 5.09. The smallest absolute Gasteiger partial charge is 0.00661 e. The molecule has 1 aromatic rings. The molecule has 0 heterocycles. The Morgan fingerprint density at radius 1 is 1.31 bits per heavy atom. The third kappa shape index (κ3) is 3.79. The molecule has 0 aliphatic carbocycles. The van der Waals surface area contributed by atoms with E-state index in [9.17, 15) is 0 Å². The highest BCUT2D eigenvalue weighted by molar-refractivity contribution is 9.09. The van der Waals surface area contributed by atoms with E-state index in [1.165, 1.54) is 23.1 Å². The molecular weight excluding hydrogens is 260 g/mol. The summed E-state index contributed by atoms with van der Waals surface area (Å²) in [4.78, 5) is 0. The van der Waals surface area contributed by atoms with E-state index in [1.807, 2.05) is 0 Å². The van der Waals surface area contributed by atoms with Crippen LogP contribution in [0.4, 0.5) is 0 Å². The molecule has 1 unspecified atom stereocenters. The standard InChI is InChI=1S/C15H21Br/c1-4-12(2)14-7-9-15(10-8-14)13(3)6-5-11-16/h6-10,12H,4-5,11H2,1-3H3/b13-6+. The molecule has 0 fully saturated rings. The van der Waals surface area contributed by atoms with Crippen LogP contribution in [0.2, 0.25) is 0 Å². The van der Waals surface area contributed by atoms with Gasteiger partial charge in [0.1, 0.15) is 0 Å². The van der Waals surface area contributed by atoms with E-state index in [-0.39, 0.29) is 0 Å². The number of rotatable bonds is 5. The van der Waals surface area contributed by atoms with Gasteiger partial charge in [-0.3, -0.25) is 0 Å². The molecule has 0 aliphatic rings. The topological polar surface area (TPSA) is 0 Å². The third-order valence-corrected chi connectivity index (χ3v) is 3.56. The van der Waals surface area contributed by atoms with Crippen molar-refractivity contribution in [2.45, 2.75) is 39.5 Å². The lowest BCUT2D eigenvalue weighted by molar-refractivity contribution is 0.733. The zero-order valence-corrected chi connectivity index (χ0v) is 12.0. The van der Waals surface area contributed by atoms with Gasteiger partial charge < -0.3 is 0 Å². The lowest BCUT2D eigenvalue weighted by atomic mass is 9.96. The van der Waals surface area contributed by atoms with Crippen LogP contribution in [0.1, 0.15) is 50.7 Å². The molecule has 0 aliphatic heterocycles. The van der Waals surface area contributed by atoms with Crippen LogP contribution in [0.25, 0.3) is 5.57 Å². The molecule has 0 nitrogen and oxygen atoms in total. The van der Waals surface area contributed by atoms with Gasteiger partial charge in [0.25, 0.3) is 0 Å². The molecule has 0 radical (unpaired) electrons. The molecular formula is C15H21Br. The Bertz CT molecular complexity index is 335. The van der Waals surface area contributed by atoms with Gasteiger partial charge in [-0.25, -0.2) is 0 Å². The molecule has 0 aromatic heterocycles. The lowest BCUT2D eigenvalue weighted by Gasteiger charge is -2.10. The molecule has 0 spiro atoms. The SMILES string of the molecule is CCC(C)c1ccc(/C(C)=C/CCBr)cc1. The van der Waals surface area contributed by atoms with E-state index < -0.39 is 0 Å². The molecule has 1 heteroatoms. The Morgan fingerprint density at radius 3 is 2.44 bits per heavy atom. The highest BCUT2D eigenvalue weighted by Gasteiger charge is 2.02. The van der Waals surface area contributed by atoms with Gasteiger partial charge in [0.2, 0.25) is 0 Å². The minimum atomic E-state index is 0.667. The van der Waals surface area contributed by atoms with Crippen LogP contribution < -0.4 is 0 Å². The first-order valence-corrected chi connectivity index (χ1v) is 7.14. The fourth-order valence-corrected chi connectivity index (χ4v) is 1.93. The fourth-order valence-electron chi connectivity index (χ4n) is 1.70. The van der Waals surface area contributed by atoms with Gasteiger partial charge in [-0.15, -0.1) is 0 Å². The Hall–Kier alpha value is -0.560. The van der Waals surface area contributed by atoms with Crippen LogP contribution in [-0.4, -0.2) is 5.33 Å². The zero-order chi connectivity index (χ0) is 12.0. The largest absolute Gasteiger partial charge is 0.0925 e. The van der Waals surface area contributed by atoms with Crippen molar-refractivity contribution in [2.24, 2.45) is 0 Å². The molecule has 0 N–H and O–H groups in total. The highest BCUT2D eigenvalue weighted by atomic mass is 79.9. The van der Waals surface area contributed by atoms with Crippen LogP contribution in [0.5, 0.6) is 0 Å². The Morgan fingerprint density at radius 2 is 1.94 bits per heavy atom. The number of hydrogen-bond acceptors (Lipinski definition) is 0. The third-order valence-electron chi connectivity index (χ3n) is 3.11.